The average Bonchev–Trinajstić information content (AvgIpc) is 3.25. The molecule has 2 aromatic rings. The molecule has 1 aromatic heterocycles. The summed E-state index contributed by atoms with van der Waals surface area (Å²) < 4.78 is 17.3. The summed E-state index contributed by atoms with van der Waals surface area (Å²) in [6.07, 6.45) is 7.11. The number of benzene rings is 1. The van der Waals surface area contributed by atoms with Gasteiger partial charge in [-0.15, -0.1) is 0 Å². The Bertz CT molecular complexity index is 575. The van der Waals surface area contributed by atoms with Crippen LogP contribution in [0.15, 0.2) is 36.8 Å². The van der Waals surface area contributed by atoms with Crippen LogP contribution in [0, 0.1) is 0 Å². The first-order valence-electron chi connectivity index (χ1n) is 8.26. The lowest BCUT2D eigenvalue weighted by Gasteiger charge is -2.26. The number of aromatic nitrogens is 2. The Morgan fingerprint density at radius 1 is 1.22 bits per heavy atom. The van der Waals surface area contributed by atoms with Crippen LogP contribution in [-0.2, 0) is 22.3 Å². The Morgan fingerprint density at radius 3 is 2.65 bits per heavy atom. The number of H-pyrrole nitrogens is 1. The molecule has 1 aromatic carbocycles. The van der Waals surface area contributed by atoms with Gasteiger partial charge in [0.25, 0.3) is 0 Å². The molecule has 0 bridgehead atoms. The van der Waals surface area contributed by atoms with Gasteiger partial charge in [-0.2, -0.15) is 0 Å². The first-order chi connectivity index (χ1) is 11.3. The molecular weight excluding hydrogens is 292 g/mol. The van der Waals surface area contributed by atoms with Gasteiger partial charge in [0.05, 0.1) is 26.1 Å². The van der Waals surface area contributed by atoms with Crippen LogP contribution in [0.1, 0.15) is 31.0 Å². The van der Waals surface area contributed by atoms with Crippen molar-refractivity contribution in [3.05, 3.63) is 48.0 Å². The van der Waals surface area contributed by atoms with E-state index in [0.717, 1.165) is 37.1 Å². The first kappa shape index (κ1) is 16.0. The minimum atomic E-state index is -0.438. The number of aromatic amines is 1. The maximum atomic E-state index is 5.78. The third-order valence-electron chi connectivity index (χ3n) is 4.16. The Hall–Kier alpha value is -1.85. The average molecular weight is 316 g/mol. The molecule has 23 heavy (non-hydrogen) atoms. The van der Waals surface area contributed by atoms with Crippen molar-refractivity contribution in [2.45, 2.75) is 38.4 Å². The third kappa shape index (κ3) is 4.33. The van der Waals surface area contributed by atoms with Crippen LogP contribution in [0.25, 0.3) is 0 Å². The molecule has 124 valence electrons. The highest BCUT2D eigenvalue weighted by Crippen LogP contribution is 2.28. The second-order valence-corrected chi connectivity index (χ2v) is 5.81. The zero-order valence-corrected chi connectivity index (χ0v) is 13.6. The Balaban J connectivity index is 1.45. The third-order valence-corrected chi connectivity index (χ3v) is 4.16. The summed E-state index contributed by atoms with van der Waals surface area (Å²) in [6.45, 7) is 4.17. The molecule has 1 aliphatic rings. The van der Waals surface area contributed by atoms with E-state index in [2.05, 4.69) is 29.0 Å². The maximum absolute atomic E-state index is 5.78. The number of rotatable bonds is 8. The second-order valence-electron chi connectivity index (χ2n) is 5.81. The van der Waals surface area contributed by atoms with E-state index in [1.165, 1.54) is 5.56 Å². The van der Waals surface area contributed by atoms with E-state index >= 15 is 0 Å². The number of hydrogen-bond acceptors (Lipinski definition) is 4. The fourth-order valence-corrected chi connectivity index (χ4v) is 2.82. The first-order valence-corrected chi connectivity index (χ1v) is 8.26. The van der Waals surface area contributed by atoms with Crippen molar-refractivity contribution in [3.8, 4) is 5.75 Å². The van der Waals surface area contributed by atoms with Gasteiger partial charge in [0.2, 0.25) is 0 Å². The van der Waals surface area contributed by atoms with Crippen LogP contribution in [0.2, 0.25) is 0 Å². The predicted molar refractivity (Wildman–Crippen MR) is 87.5 cm³/mol. The van der Waals surface area contributed by atoms with Crippen LogP contribution in [-0.4, -0.2) is 35.6 Å². The molecule has 1 saturated heterocycles. The fourth-order valence-electron chi connectivity index (χ4n) is 2.82. The van der Waals surface area contributed by atoms with E-state index in [-0.39, 0.29) is 0 Å². The second kappa shape index (κ2) is 7.62. The van der Waals surface area contributed by atoms with Crippen molar-refractivity contribution in [1.29, 1.82) is 0 Å². The normalized spacial score (nSPS) is 16.6. The standard InChI is InChI=1S/C18H24N2O3/c1-2-18(22-10-11-23-18)12-15-5-7-17(8-6-15)21-9-3-4-16-13-19-14-20-16/h5-8,13-14H,2-4,9-12H2,1H3,(H,19,20). The van der Waals surface area contributed by atoms with E-state index in [1.807, 2.05) is 18.3 Å². The summed E-state index contributed by atoms with van der Waals surface area (Å²) >= 11 is 0. The maximum Gasteiger partial charge on any atom is 0.172 e. The lowest BCUT2D eigenvalue weighted by atomic mass is 10.0. The minimum absolute atomic E-state index is 0.438. The van der Waals surface area contributed by atoms with Gasteiger partial charge in [-0.3, -0.25) is 0 Å². The van der Waals surface area contributed by atoms with Crippen LogP contribution < -0.4 is 4.74 Å². The highest BCUT2D eigenvalue weighted by molar-refractivity contribution is 5.28. The minimum Gasteiger partial charge on any atom is -0.494 e. The highest BCUT2D eigenvalue weighted by atomic mass is 16.7. The zero-order valence-electron chi connectivity index (χ0n) is 13.6. The Labute approximate surface area is 137 Å². The van der Waals surface area contributed by atoms with Crippen LogP contribution in [0.4, 0.5) is 0 Å². The molecule has 0 radical (unpaired) electrons. The van der Waals surface area contributed by atoms with E-state index in [1.54, 1.807) is 6.33 Å². The van der Waals surface area contributed by atoms with Gasteiger partial charge in [0, 0.05) is 18.3 Å². The molecule has 0 saturated carbocycles. The van der Waals surface area contributed by atoms with E-state index in [4.69, 9.17) is 14.2 Å². The monoisotopic (exact) mass is 316 g/mol. The van der Waals surface area contributed by atoms with Gasteiger partial charge < -0.3 is 19.2 Å². The van der Waals surface area contributed by atoms with E-state index in [0.29, 0.717) is 19.8 Å². The lowest BCUT2D eigenvalue weighted by Crippen LogP contribution is -2.31. The number of nitrogens with one attached hydrogen (secondary N) is 1. The Kier molecular flexibility index (Phi) is 5.31. The summed E-state index contributed by atoms with van der Waals surface area (Å²) in [5, 5.41) is 0. The number of ether oxygens (including phenoxy) is 3. The van der Waals surface area contributed by atoms with Gasteiger partial charge in [0.1, 0.15) is 5.75 Å². The highest BCUT2D eigenvalue weighted by Gasteiger charge is 2.34. The number of imidazole rings is 1. The van der Waals surface area contributed by atoms with Crippen LogP contribution in [0.5, 0.6) is 5.75 Å². The molecule has 0 amide bonds. The molecule has 0 unspecified atom stereocenters. The molecular formula is C18H24N2O3. The molecule has 5 heteroatoms. The largest absolute Gasteiger partial charge is 0.494 e. The molecule has 3 rings (SSSR count). The molecule has 1 aliphatic heterocycles. The van der Waals surface area contributed by atoms with Crippen LogP contribution in [0.3, 0.4) is 0 Å². The quantitative estimate of drug-likeness (QED) is 0.760. The van der Waals surface area contributed by atoms with Crippen molar-refractivity contribution in [2.24, 2.45) is 0 Å². The summed E-state index contributed by atoms with van der Waals surface area (Å²) in [5.41, 5.74) is 2.35. The summed E-state index contributed by atoms with van der Waals surface area (Å²) in [6, 6.07) is 8.22. The molecule has 0 atom stereocenters. The SMILES string of the molecule is CCC1(Cc2ccc(OCCCc3cnc[nH]3)cc2)OCCO1. The topological polar surface area (TPSA) is 56.4 Å². The van der Waals surface area contributed by atoms with Crippen molar-refractivity contribution in [2.75, 3.05) is 19.8 Å². The molecule has 1 fully saturated rings. The van der Waals surface area contributed by atoms with Gasteiger partial charge >= 0.3 is 0 Å². The summed E-state index contributed by atoms with van der Waals surface area (Å²) in [5.74, 6) is 0.462. The smallest absolute Gasteiger partial charge is 0.172 e. The summed E-state index contributed by atoms with van der Waals surface area (Å²) in [4.78, 5) is 7.10. The number of aryl methyl sites for hydroxylation is 1. The zero-order chi connectivity index (χ0) is 16.0. The van der Waals surface area contributed by atoms with Crippen molar-refractivity contribution >= 4 is 0 Å². The predicted octanol–water partition coefficient (Wildman–Crippen LogP) is 3.12. The van der Waals surface area contributed by atoms with Gasteiger partial charge in [-0.25, -0.2) is 4.98 Å². The van der Waals surface area contributed by atoms with Crippen LogP contribution >= 0.6 is 0 Å². The number of nitrogens with zero attached hydrogens (tertiary/aromatic N) is 1. The molecule has 5 nitrogen and oxygen atoms in total. The van der Waals surface area contributed by atoms with Gasteiger partial charge in [-0.1, -0.05) is 19.1 Å². The molecule has 0 spiro atoms. The van der Waals surface area contributed by atoms with Crippen molar-refractivity contribution in [3.63, 3.8) is 0 Å². The number of hydrogen-bond donors (Lipinski definition) is 1. The van der Waals surface area contributed by atoms with Gasteiger partial charge in [0.15, 0.2) is 5.79 Å². The Morgan fingerprint density at radius 2 is 2.00 bits per heavy atom. The molecule has 0 aliphatic carbocycles. The molecule has 1 N–H and O–H groups in total. The van der Waals surface area contributed by atoms with E-state index < -0.39 is 5.79 Å². The lowest BCUT2D eigenvalue weighted by molar-refractivity contribution is -0.157. The summed E-state index contributed by atoms with van der Waals surface area (Å²) in [7, 11) is 0. The van der Waals surface area contributed by atoms with Crippen molar-refractivity contribution < 1.29 is 14.2 Å². The van der Waals surface area contributed by atoms with Crippen molar-refractivity contribution in [1.82, 2.24) is 9.97 Å². The van der Waals surface area contributed by atoms with E-state index in [9.17, 15) is 0 Å². The fraction of sp³-hybridized carbons (Fsp3) is 0.500. The molecule has 2 heterocycles. The van der Waals surface area contributed by atoms with Gasteiger partial charge in [-0.05, 0) is 37.0 Å².